The fourth-order valence-corrected chi connectivity index (χ4v) is 2.91. The van der Waals surface area contributed by atoms with Gasteiger partial charge in [-0.2, -0.15) is 0 Å². The van der Waals surface area contributed by atoms with Crippen LogP contribution in [0.5, 0.6) is 0 Å². The summed E-state index contributed by atoms with van der Waals surface area (Å²) in [5.74, 6) is -0.152. The highest BCUT2D eigenvalue weighted by molar-refractivity contribution is 7.14. The van der Waals surface area contributed by atoms with E-state index in [4.69, 9.17) is 15.2 Å². The number of hydrogen-bond acceptors (Lipinski definition) is 5. The van der Waals surface area contributed by atoms with Gasteiger partial charge in [-0.05, 0) is 25.1 Å². The minimum atomic E-state index is -0.297. The molecule has 1 aliphatic heterocycles. The molecule has 1 fully saturated rings. The number of aryl methyl sites for hydroxylation is 1. The molecule has 5 nitrogen and oxygen atoms in total. The Hall–Kier alpha value is -1.89. The van der Waals surface area contributed by atoms with Crippen molar-refractivity contribution in [3.05, 3.63) is 45.6 Å². The number of rotatable bonds is 3. The van der Waals surface area contributed by atoms with Gasteiger partial charge in [0.2, 0.25) is 0 Å². The Morgan fingerprint density at radius 3 is 2.52 bits per heavy atom. The number of carbonyl (C=O) groups excluding carboxylic acids is 1. The van der Waals surface area contributed by atoms with Crippen molar-refractivity contribution in [2.24, 2.45) is 0 Å². The second-order valence-corrected chi connectivity index (χ2v) is 6.03. The predicted octanol–water partition coefficient (Wildman–Crippen LogP) is 2.94. The van der Waals surface area contributed by atoms with E-state index in [0.29, 0.717) is 23.8 Å². The van der Waals surface area contributed by atoms with Gasteiger partial charge in [0.15, 0.2) is 6.29 Å². The van der Waals surface area contributed by atoms with Crippen LogP contribution in [0.25, 0.3) is 0 Å². The van der Waals surface area contributed by atoms with Gasteiger partial charge < -0.3 is 20.5 Å². The van der Waals surface area contributed by atoms with Crippen LogP contribution in [-0.2, 0) is 9.47 Å². The van der Waals surface area contributed by atoms with Gasteiger partial charge in [0.25, 0.3) is 5.91 Å². The van der Waals surface area contributed by atoms with Crippen molar-refractivity contribution in [3.8, 4) is 0 Å². The van der Waals surface area contributed by atoms with Gasteiger partial charge in [-0.3, -0.25) is 4.79 Å². The average Bonchev–Trinajstić information content (AvgIpc) is 3.11. The summed E-state index contributed by atoms with van der Waals surface area (Å²) in [5, 5.41) is 2.85. The lowest BCUT2D eigenvalue weighted by molar-refractivity contribution is -0.0441. The van der Waals surface area contributed by atoms with E-state index in [2.05, 4.69) is 5.32 Å². The highest BCUT2D eigenvalue weighted by Gasteiger charge is 2.18. The van der Waals surface area contributed by atoms with Crippen LogP contribution in [0.1, 0.15) is 26.4 Å². The van der Waals surface area contributed by atoms with Crippen molar-refractivity contribution >= 4 is 28.6 Å². The topological polar surface area (TPSA) is 73.6 Å². The number of anilines is 2. The van der Waals surface area contributed by atoms with E-state index in [0.717, 1.165) is 16.1 Å². The maximum Gasteiger partial charge on any atom is 0.265 e. The highest BCUT2D eigenvalue weighted by atomic mass is 32.1. The van der Waals surface area contributed by atoms with Gasteiger partial charge in [0.05, 0.1) is 18.1 Å². The number of thiophene rings is 1. The predicted molar refractivity (Wildman–Crippen MR) is 82.5 cm³/mol. The molecule has 2 heterocycles. The van der Waals surface area contributed by atoms with Crippen LogP contribution >= 0.6 is 11.3 Å². The van der Waals surface area contributed by atoms with E-state index in [9.17, 15) is 4.79 Å². The van der Waals surface area contributed by atoms with Crippen molar-refractivity contribution in [1.82, 2.24) is 0 Å². The molecule has 1 aromatic carbocycles. The Morgan fingerprint density at radius 1 is 1.29 bits per heavy atom. The zero-order chi connectivity index (χ0) is 14.8. The molecular formula is C15H16N2O3S. The van der Waals surface area contributed by atoms with Gasteiger partial charge in [-0.1, -0.05) is 12.1 Å². The van der Waals surface area contributed by atoms with Crippen LogP contribution in [0.15, 0.2) is 30.3 Å². The Labute approximate surface area is 126 Å². The SMILES string of the molecule is Cc1sc(C(=O)Nc2ccc(C3OCCO3)cc2)cc1N. The van der Waals surface area contributed by atoms with Crippen molar-refractivity contribution in [2.45, 2.75) is 13.2 Å². The molecule has 0 radical (unpaired) electrons. The van der Waals surface area contributed by atoms with Crippen molar-refractivity contribution < 1.29 is 14.3 Å². The largest absolute Gasteiger partial charge is 0.398 e. The Kier molecular flexibility index (Phi) is 3.92. The first-order chi connectivity index (χ1) is 10.1. The fourth-order valence-electron chi connectivity index (χ4n) is 2.08. The van der Waals surface area contributed by atoms with E-state index < -0.39 is 0 Å². The highest BCUT2D eigenvalue weighted by Crippen LogP contribution is 2.26. The molecule has 21 heavy (non-hydrogen) atoms. The van der Waals surface area contributed by atoms with Crippen LogP contribution in [-0.4, -0.2) is 19.1 Å². The summed E-state index contributed by atoms with van der Waals surface area (Å²) in [7, 11) is 0. The maximum absolute atomic E-state index is 12.1. The Morgan fingerprint density at radius 2 is 1.95 bits per heavy atom. The lowest BCUT2D eigenvalue weighted by Gasteiger charge is -2.10. The standard InChI is InChI=1S/C15H16N2O3S/c1-9-12(16)8-13(21-9)14(18)17-11-4-2-10(3-5-11)15-19-6-7-20-15/h2-5,8,15H,6-7,16H2,1H3,(H,17,18). The Balaban J connectivity index is 1.68. The van der Waals surface area contributed by atoms with E-state index in [1.807, 2.05) is 31.2 Å². The molecule has 0 bridgehead atoms. The molecule has 110 valence electrons. The van der Waals surface area contributed by atoms with Gasteiger partial charge >= 0.3 is 0 Å². The molecule has 0 unspecified atom stereocenters. The summed E-state index contributed by atoms with van der Waals surface area (Å²) in [5.41, 5.74) is 8.09. The molecule has 0 spiro atoms. The fraction of sp³-hybridized carbons (Fsp3) is 0.267. The van der Waals surface area contributed by atoms with E-state index in [1.54, 1.807) is 6.07 Å². The quantitative estimate of drug-likeness (QED) is 0.914. The van der Waals surface area contributed by atoms with E-state index in [-0.39, 0.29) is 12.2 Å². The summed E-state index contributed by atoms with van der Waals surface area (Å²) in [6, 6.07) is 9.15. The second kappa shape index (κ2) is 5.85. The summed E-state index contributed by atoms with van der Waals surface area (Å²) >= 11 is 1.39. The number of benzene rings is 1. The lowest BCUT2D eigenvalue weighted by atomic mass is 10.2. The molecule has 3 rings (SSSR count). The molecular weight excluding hydrogens is 288 g/mol. The molecule has 0 aliphatic carbocycles. The zero-order valence-corrected chi connectivity index (χ0v) is 12.4. The Bertz CT molecular complexity index is 626. The summed E-state index contributed by atoms with van der Waals surface area (Å²) in [6.45, 7) is 3.12. The number of amides is 1. The van der Waals surface area contributed by atoms with Gasteiger partial charge in [0.1, 0.15) is 0 Å². The first-order valence-corrected chi connectivity index (χ1v) is 7.45. The van der Waals surface area contributed by atoms with Crippen LogP contribution in [0.4, 0.5) is 11.4 Å². The smallest absolute Gasteiger partial charge is 0.265 e. The number of nitrogens with two attached hydrogens (primary N) is 1. The van der Waals surface area contributed by atoms with Gasteiger partial charge in [0, 0.05) is 21.8 Å². The number of ether oxygens (including phenoxy) is 2. The van der Waals surface area contributed by atoms with Crippen molar-refractivity contribution in [3.63, 3.8) is 0 Å². The first-order valence-electron chi connectivity index (χ1n) is 6.64. The third kappa shape index (κ3) is 3.07. The summed E-state index contributed by atoms with van der Waals surface area (Å²) in [4.78, 5) is 13.7. The molecule has 2 aromatic rings. The number of carbonyl (C=O) groups is 1. The molecule has 1 saturated heterocycles. The molecule has 1 aromatic heterocycles. The molecule has 0 atom stereocenters. The van der Waals surface area contributed by atoms with Crippen molar-refractivity contribution in [1.29, 1.82) is 0 Å². The van der Waals surface area contributed by atoms with Gasteiger partial charge in [-0.25, -0.2) is 0 Å². The minimum absolute atomic E-state index is 0.152. The molecule has 0 saturated carbocycles. The normalized spacial score (nSPS) is 15.3. The van der Waals surface area contributed by atoms with Crippen molar-refractivity contribution in [2.75, 3.05) is 24.3 Å². The number of hydrogen-bond donors (Lipinski definition) is 2. The van der Waals surface area contributed by atoms with Crippen LogP contribution in [0.3, 0.4) is 0 Å². The van der Waals surface area contributed by atoms with E-state index in [1.165, 1.54) is 11.3 Å². The molecule has 3 N–H and O–H groups in total. The minimum Gasteiger partial charge on any atom is -0.398 e. The number of nitrogens with one attached hydrogen (secondary N) is 1. The van der Waals surface area contributed by atoms with Crippen LogP contribution in [0, 0.1) is 6.92 Å². The second-order valence-electron chi connectivity index (χ2n) is 4.77. The molecule has 1 amide bonds. The van der Waals surface area contributed by atoms with E-state index >= 15 is 0 Å². The molecule has 1 aliphatic rings. The van der Waals surface area contributed by atoms with Crippen LogP contribution < -0.4 is 11.1 Å². The van der Waals surface area contributed by atoms with Gasteiger partial charge in [-0.15, -0.1) is 11.3 Å². The van der Waals surface area contributed by atoms with Crippen LogP contribution in [0.2, 0.25) is 0 Å². The third-order valence-corrected chi connectivity index (χ3v) is 4.31. The summed E-state index contributed by atoms with van der Waals surface area (Å²) < 4.78 is 10.8. The maximum atomic E-state index is 12.1. The third-order valence-electron chi connectivity index (χ3n) is 3.24. The average molecular weight is 304 g/mol. The first kappa shape index (κ1) is 14.1. The lowest BCUT2D eigenvalue weighted by Crippen LogP contribution is -2.10. The molecule has 6 heteroatoms. The number of nitrogen functional groups attached to an aromatic ring is 1. The summed E-state index contributed by atoms with van der Waals surface area (Å²) in [6.07, 6.45) is -0.297. The monoisotopic (exact) mass is 304 g/mol. The zero-order valence-electron chi connectivity index (χ0n) is 11.6.